The lowest BCUT2D eigenvalue weighted by Gasteiger charge is -2.25. The van der Waals surface area contributed by atoms with Gasteiger partial charge in [-0.3, -0.25) is 4.79 Å². The van der Waals surface area contributed by atoms with E-state index in [1.807, 2.05) is 37.7 Å². The largest absolute Gasteiger partial charge is 0.366 e. The van der Waals surface area contributed by atoms with Gasteiger partial charge in [-0.2, -0.15) is 0 Å². The molecule has 148 valence electrons. The standard InChI is InChI=1S/C22H24ClFN2OS/c1-14-9-18(10-15(2)21(14)25-20(27)12-22(24)5-6-22)26-7-8-28-19-11-17(23)4-3-16(19)13-26/h3-4,9-11H,5-8,12-13H2,1-2H3,(H,25,27). The van der Waals surface area contributed by atoms with E-state index in [4.69, 9.17) is 11.6 Å². The number of thioether (sulfide) groups is 1. The fourth-order valence-electron chi connectivity index (χ4n) is 3.67. The summed E-state index contributed by atoms with van der Waals surface area (Å²) in [6.07, 6.45) is 0.949. The van der Waals surface area contributed by atoms with Gasteiger partial charge in [0, 0.05) is 40.1 Å². The predicted molar refractivity (Wildman–Crippen MR) is 115 cm³/mol. The van der Waals surface area contributed by atoms with Gasteiger partial charge < -0.3 is 10.2 Å². The molecule has 1 amide bonds. The molecule has 2 aromatic rings. The van der Waals surface area contributed by atoms with Crippen LogP contribution < -0.4 is 10.2 Å². The van der Waals surface area contributed by atoms with E-state index in [9.17, 15) is 9.18 Å². The highest BCUT2D eigenvalue weighted by molar-refractivity contribution is 7.99. The third-order valence-corrected chi connectivity index (χ3v) is 6.74. The number of rotatable bonds is 4. The number of hydrogen-bond donors (Lipinski definition) is 1. The number of carbonyl (C=O) groups is 1. The third kappa shape index (κ3) is 4.31. The van der Waals surface area contributed by atoms with Gasteiger partial charge in [-0.1, -0.05) is 17.7 Å². The molecule has 0 unspecified atom stereocenters. The first-order valence-electron chi connectivity index (χ1n) is 9.59. The Kier molecular flexibility index (Phi) is 5.32. The Hall–Kier alpha value is -1.72. The van der Waals surface area contributed by atoms with E-state index in [2.05, 4.69) is 28.4 Å². The number of nitrogens with zero attached hydrogens (tertiary/aromatic N) is 1. The molecule has 0 bridgehead atoms. The van der Waals surface area contributed by atoms with Crippen LogP contribution >= 0.6 is 23.4 Å². The Balaban J connectivity index is 1.54. The highest BCUT2D eigenvalue weighted by atomic mass is 35.5. The van der Waals surface area contributed by atoms with Gasteiger partial charge in [0.1, 0.15) is 5.67 Å². The van der Waals surface area contributed by atoms with Gasteiger partial charge in [0.15, 0.2) is 0 Å². The molecule has 0 saturated heterocycles. The first kappa shape index (κ1) is 19.6. The van der Waals surface area contributed by atoms with Gasteiger partial charge >= 0.3 is 0 Å². The molecule has 1 aliphatic heterocycles. The second-order valence-electron chi connectivity index (χ2n) is 7.85. The van der Waals surface area contributed by atoms with Crippen LogP contribution in [0.3, 0.4) is 0 Å². The SMILES string of the molecule is Cc1cc(N2CCSc3cc(Cl)ccc3C2)cc(C)c1NC(=O)CC1(F)CC1. The average molecular weight is 419 g/mol. The maximum atomic E-state index is 13.9. The van der Waals surface area contributed by atoms with Crippen molar-refractivity contribution in [1.82, 2.24) is 0 Å². The summed E-state index contributed by atoms with van der Waals surface area (Å²) in [6.45, 7) is 5.75. The van der Waals surface area contributed by atoms with E-state index in [-0.39, 0.29) is 12.3 Å². The lowest BCUT2D eigenvalue weighted by Crippen LogP contribution is -2.24. The average Bonchev–Trinajstić information content (AvgIpc) is 3.39. The molecule has 0 atom stereocenters. The molecule has 0 aromatic heterocycles. The molecule has 28 heavy (non-hydrogen) atoms. The van der Waals surface area contributed by atoms with E-state index in [1.54, 1.807) is 0 Å². The van der Waals surface area contributed by atoms with E-state index in [0.29, 0.717) is 12.8 Å². The van der Waals surface area contributed by atoms with Crippen LogP contribution in [0.1, 0.15) is 36.0 Å². The van der Waals surface area contributed by atoms with Crippen LogP contribution in [-0.4, -0.2) is 23.9 Å². The van der Waals surface area contributed by atoms with Crippen molar-refractivity contribution < 1.29 is 9.18 Å². The van der Waals surface area contributed by atoms with Crippen LogP contribution in [0.15, 0.2) is 35.2 Å². The second-order valence-corrected chi connectivity index (χ2v) is 9.43. The molecular weight excluding hydrogens is 395 g/mol. The number of amides is 1. The summed E-state index contributed by atoms with van der Waals surface area (Å²) >= 11 is 7.98. The minimum absolute atomic E-state index is 0.0453. The molecule has 1 fully saturated rings. The highest BCUT2D eigenvalue weighted by Gasteiger charge is 2.44. The summed E-state index contributed by atoms with van der Waals surface area (Å²) in [5.74, 6) is 0.749. The zero-order valence-corrected chi connectivity index (χ0v) is 17.7. The minimum Gasteiger partial charge on any atom is -0.366 e. The Labute approximate surface area is 174 Å². The maximum absolute atomic E-state index is 13.9. The van der Waals surface area contributed by atoms with Crippen molar-refractivity contribution in [1.29, 1.82) is 0 Å². The van der Waals surface area contributed by atoms with Crippen LogP contribution in [0.5, 0.6) is 0 Å². The number of alkyl halides is 1. The van der Waals surface area contributed by atoms with Gasteiger partial charge in [-0.15, -0.1) is 11.8 Å². The molecule has 2 aliphatic rings. The molecular formula is C22H24ClFN2OS. The van der Waals surface area contributed by atoms with E-state index in [0.717, 1.165) is 46.4 Å². The first-order valence-corrected chi connectivity index (χ1v) is 11.0. The summed E-state index contributed by atoms with van der Waals surface area (Å²) in [7, 11) is 0. The Morgan fingerprint density at radius 2 is 1.96 bits per heavy atom. The Morgan fingerprint density at radius 1 is 1.25 bits per heavy atom. The number of benzene rings is 2. The molecule has 4 rings (SSSR count). The molecule has 0 radical (unpaired) electrons. The van der Waals surface area contributed by atoms with E-state index in [1.165, 1.54) is 10.5 Å². The van der Waals surface area contributed by atoms with Crippen molar-refractivity contribution in [3.63, 3.8) is 0 Å². The third-order valence-electron chi connectivity index (χ3n) is 5.43. The summed E-state index contributed by atoms with van der Waals surface area (Å²) in [4.78, 5) is 15.8. The van der Waals surface area contributed by atoms with Crippen molar-refractivity contribution >= 4 is 40.6 Å². The van der Waals surface area contributed by atoms with Crippen LogP contribution in [0, 0.1) is 13.8 Å². The van der Waals surface area contributed by atoms with Gasteiger partial charge in [0.05, 0.1) is 6.42 Å². The van der Waals surface area contributed by atoms with E-state index < -0.39 is 5.67 Å². The Bertz CT molecular complexity index is 906. The normalized spacial score (nSPS) is 17.6. The molecule has 6 heteroatoms. The fourth-order valence-corrected chi connectivity index (χ4v) is 4.97. The van der Waals surface area contributed by atoms with Crippen molar-refractivity contribution in [2.24, 2.45) is 0 Å². The number of nitrogens with one attached hydrogen (secondary N) is 1. The number of aryl methyl sites for hydroxylation is 2. The smallest absolute Gasteiger partial charge is 0.227 e. The molecule has 1 saturated carbocycles. The van der Waals surface area contributed by atoms with E-state index >= 15 is 0 Å². The predicted octanol–water partition coefficient (Wildman–Crippen LogP) is 5.90. The zero-order chi connectivity index (χ0) is 19.9. The highest BCUT2D eigenvalue weighted by Crippen LogP contribution is 2.43. The van der Waals surface area contributed by atoms with Crippen molar-refractivity contribution in [2.75, 3.05) is 22.5 Å². The first-order chi connectivity index (χ1) is 13.3. The molecule has 3 nitrogen and oxygen atoms in total. The van der Waals surface area contributed by atoms with Gasteiger partial charge in [-0.25, -0.2) is 4.39 Å². The maximum Gasteiger partial charge on any atom is 0.227 e. The zero-order valence-electron chi connectivity index (χ0n) is 16.1. The van der Waals surface area contributed by atoms with Crippen LogP contribution in [0.2, 0.25) is 5.02 Å². The second kappa shape index (κ2) is 7.60. The van der Waals surface area contributed by atoms with Crippen LogP contribution in [-0.2, 0) is 11.3 Å². The number of halogens is 2. The molecule has 2 aromatic carbocycles. The molecule has 0 spiro atoms. The summed E-state index contributed by atoms with van der Waals surface area (Å²) in [5.41, 5.74) is 3.94. The summed E-state index contributed by atoms with van der Waals surface area (Å²) in [5, 5.41) is 3.69. The van der Waals surface area contributed by atoms with Crippen molar-refractivity contribution in [3.05, 3.63) is 52.0 Å². The molecule has 1 N–H and O–H groups in total. The lowest BCUT2D eigenvalue weighted by atomic mass is 10.1. The summed E-state index contributed by atoms with van der Waals surface area (Å²) < 4.78 is 13.9. The van der Waals surface area contributed by atoms with Crippen molar-refractivity contribution in [3.8, 4) is 0 Å². The van der Waals surface area contributed by atoms with Crippen LogP contribution in [0.4, 0.5) is 15.8 Å². The monoisotopic (exact) mass is 418 g/mol. The number of hydrogen-bond acceptors (Lipinski definition) is 3. The lowest BCUT2D eigenvalue weighted by molar-refractivity contribution is -0.117. The number of carbonyl (C=O) groups excluding carboxylic acids is 1. The Morgan fingerprint density at radius 3 is 2.64 bits per heavy atom. The molecule has 1 aliphatic carbocycles. The summed E-state index contributed by atoms with van der Waals surface area (Å²) in [6, 6.07) is 10.3. The number of anilines is 2. The van der Waals surface area contributed by atoms with Crippen molar-refractivity contribution in [2.45, 2.75) is 50.2 Å². The van der Waals surface area contributed by atoms with Gasteiger partial charge in [-0.05, 0) is 67.6 Å². The fraction of sp³-hybridized carbons (Fsp3) is 0.409. The van der Waals surface area contributed by atoms with Gasteiger partial charge in [0.2, 0.25) is 5.91 Å². The quantitative estimate of drug-likeness (QED) is 0.670. The topological polar surface area (TPSA) is 32.3 Å². The van der Waals surface area contributed by atoms with Crippen LogP contribution in [0.25, 0.3) is 0 Å². The number of fused-ring (bicyclic) bond motifs is 1. The minimum atomic E-state index is -1.27. The molecule has 1 heterocycles. The van der Waals surface area contributed by atoms with Gasteiger partial charge in [0.25, 0.3) is 0 Å².